The third-order valence-corrected chi connectivity index (χ3v) is 19.5. The number of methoxy groups -OCH3 is 1. The average molecular weight is 957 g/mol. The molecular weight excluding hydrogens is 881 g/mol. The van der Waals surface area contributed by atoms with Gasteiger partial charge in [0.2, 0.25) is 6.29 Å². The second kappa shape index (κ2) is 18.3. The first-order valence-corrected chi connectivity index (χ1v) is 24.3. The molecule has 19 heteroatoms. The molecule has 0 amide bonds. The quantitative estimate of drug-likeness (QED) is 0.0822. The number of fused-ring (bicyclic) bond motifs is 7. The van der Waals surface area contributed by atoms with E-state index in [1.165, 1.54) is 14.0 Å². The minimum absolute atomic E-state index is 0.0617. The summed E-state index contributed by atoms with van der Waals surface area (Å²) in [5, 5.41) is 106. The lowest BCUT2D eigenvalue weighted by Gasteiger charge is -2.71. The molecule has 0 aromatic heterocycles. The van der Waals surface area contributed by atoms with Gasteiger partial charge in [-0.25, -0.2) is 0 Å². The van der Waals surface area contributed by atoms with E-state index in [1.807, 2.05) is 13.8 Å². The van der Waals surface area contributed by atoms with E-state index < -0.39 is 132 Å². The van der Waals surface area contributed by atoms with Crippen LogP contribution in [0.15, 0.2) is 11.6 Å². The number of aliphatic hydroxyl groups is 10. The first kappa shape index (κ1) is 51.4. The fourth-order valence-electron chi connectivity index (χ4n) is 15.0. The molecule has 0 unspecified atom stereocenters. The Balaban J connectivity index is 1.07. The summed E-state index contributed by atoms with van der Waals surface area (Å²) >= 11 is 0. The maximum atomic E-state index is 14.8. The van der Waals surface area contributed by atoms with Crippen molar-refractivity contribution in [1.82, 2.24) is 0 Å². The highest BCUT2D eigenvalue weighted by atomic mass is 16.8. The Morgan fingerprint density at radius 1 is 0.716 bits per heavy atom. The number of rotatable bonds is 9. The van der Waals surface area contributed by atoms with Gasteiger partial charge in [-0.05, 0) is 112 Å². The number of hydrogen-bond acceptors (Lipinski definition) is 19. The van der Waals surface area contributed by atoms with Gasteiger partial charge in [0.15, 0.2) is 12.6 Å². The van der Waals surface area contributed by atoms with Crippen LogP contribution in [-0.2, 0) is 42.7 Å². The van der Waals surface area contributed by atoms with Crippen LogP contribution in [0, 0.1) is 50.2 Å². The summed E-state index contributed by atoms with van der Waals surface area (Å²) in [5.74, 6) is -1.43. The van der Waals surface area contributed by atoms with Crippen LogP contribution in [0.1, 0.15) is 106 Å². The maximum Gasteiger partial charge on any atom is 0.315 e. The monoisotopic (exact) mass is 956 g/mol. The number of aliphatic hydroxyl groups excluding tert-OH is 10. The lowest BCUT2D eigenvalue weighted by molar-refractivity contribution is -0.365. The normalized spacial score (nSPS) is 54.3. The molecule has 5 aliphatic carbocycles. The van der Waals surface area contributed by atoms with E-state index in [9.17, 15) is 60.7 Å². The fraction of sp³-hybridized carbons (Fsp3) is 0.917. The number of ether oxygens (including phenoxy) is 7. The molecule has 0 radical (unpaired) electrons. The largest absolute Gasteiger partial charge is 0.469 e. The Labute approximate surface area is 391 Å². The van der Waals surface area contributed by atoms with Crippen molar-refractivity contribution in [3.63, 3.8) is 0 Å². The smallest absolute Gasteiger partial charge is 0.315 e. The van der Waals surface area contributed by atoms with Crippen LogP contribution in [-0.4, -0.2) is 182 Å². The number of esters is 2. The minimum Gasteiger partial charge on any atom is -0.469 e. The summed E-state index contributed by atoms with van der Waals surface area (Å²) in [6.07, 6.45) is -13.7. The number of carbonyl (C=O) groups is 2. The lowest BCUT2D eigenvalue weighted by atomic mass is 9.33. The summed E-state index contributed by atoms with van der Waals surface area (Å²) in [5.41, 5.74) is -2.90. The summed E-state index contributed by atoms with van der Waals surface area (Å²) in [6.45, 7) is 11.1. The molecule has 3 aliphatic heterocycles. The SMILES string of the molecule is COC(=O)[C@@]1(C)CC[C@]2(C(=O)O[C@@H]3O[C@H](CO)[C@@H](O)[C@H](O)[C@H]3O)CC[C@]3(C)C(=CC[C@@H]4[C@@]5(C)CC[C@H](O[C@@H]6OC[C@@H](O)[C@H](O)[C@H]6O[C@@H]6O[C@@H](C)[C@H](O)[C@@H](O)[C@H]6O)[C@@](C)(CO)[C@@H]5CC[C@]43C)[C@@H]2C1. The molecule has 0 aromatic carbocycles. The van der Waals surface area contributed by atoms with E-state index in [0.29, 0.717) is 51.4 Å². The Hall–Kier alpha value is -1.92. The van der Waals surface area contributed by atoms with Gasteiger partial charge in [-0.15, -0.1) is 0 Å². The minimum atomic E-state index is -1.77. The molecule has 0 spiro atoms. The van der Waals surface area contributed by atoms with Gasteiger partial charge >= 0.3 is 11.9 Å². The molecule has 0 aromatic rings. The van der Waals surface area contributed by atoms with Crippen LogP contribution in [0.25, 0.3) is 0 Å². The van der Waals surface area contributed by atoms with Crippen molar-refractivity contribution in [2.45, 2.75) is 198 Å². The highest BCUT2D eigenvalue weighted by Gasteiger charge is 2.71. The first-order chi connectivity index (χ1) is 31.4. The standard InChI is InChI=1S/C48H76O19/c1-22-30(52)33(55)35(57)38(63-22)66-37-31(53)25(51)20-62-40(37)65-29-11-12-44(3)27(45(29,4)21-50)10-13-47(6)28(44)9-8-23-24-18-43(2,41(59)61-7)14-16-48(24,17-15-46(23,47)5)42(60)67-39-36(58)34(56)32(54)26(19-49)64-39/h8,22,24-40,49-58H,9-21H2,1-7H3/t22-,24-,25+,26+,27+,28+,29-,30-,31-,32+,33+,34-,35+,36+,37+,38-,39-,40-,43-,44-,45-,46+,47+,48-/m0/s1. The summed E-state index contributed by atoms with van der Waals surface area (Å²) < 4.78 is 41.3. The third-order valence-electron chi connectivity index (χ3n) is 19.5. The average Bonchev–Trinajstić information content (AvgIpc) is 3.30. The van der Waals surface area contributed by atoms with Gasteiger partial charge in [0.1, 0.15) is 61.0 Å². The Morgan fingerprint density at radius 2 is 1.39 bits per heavy atom. The van der Waals surface area contributed by atoms with Crippen LogP contribution in [0.3, 0.4) is 0 Å². The van der Waals surface area contributed by atoms with Crippen molar-refractivity contribution < 1.29 is 93.8 Å². The molecule has 382 valence electrons. The molecule has 3 heterocycles. The van der Waals surface area contributed by atoms with Crippen LogP contribution < -0.4 is 0 Å². The van der Waals surface area contributed by atoms with Crippen LogP contribution >= 0.6 is 0 Å². The molecule has 10 N–H and O–H groups in total. The molecule has 8 rings (SSSR count). The summed E-state index contributed by atoms with van der Waals surface area (Å²) in [7, 11) is 1.36. The van der Waals surface area contributed by atoms with Gasteiger partial charge in [0.05, 0.1) is 50.0 Å². The Morgan fingerprint density at radius 3 is 2.06 bits per heavy atom. The van der Waals surface area contributed by atoms with Crippen LogP contribution in [0.4, 0.5) is 0 Å². The second-order valence-corrected chi connectivity index (χ2v) is 22.7. The van der Waals surface area contributed by atoms with Crippen molar-refractivity contribution in [3.05, 3.63) is 11.6 Å². The van der Waals surface area contributed by atoms with Crippen molar-refractivity contribution in [3.8, 4) is 0 Å². The van der Waals surface area contributed by atoms with E-state index in [2.05, 4.69) is 26.8 Å². The zero-order chi connectivity index (χ0) is 49.0. The molecule has 19 nitrogen and oxygen atoms in total. The number of hydrogen-bond donors (Lipinski definition) is 10. The Kier molecular flexibility index (Phi) is 14.0. The molecule has 0 bridgehead atoms. The molecule has 3 saturated heterocycles. The molecule has 24 atom stereocenters. The lowest BCUT2D eigenvalue weighted by Crippen LogP contribution is -2.67. The molecule has 8 aliphatic rings. The zero-order valence-electron chi connectivity index (χ0n) is 39.8. The maximum absolute atomic E-state index is 14.8. The van der Waals surface area contributed by atoms with Gasteiger partial charge in [0, 0.05) is 5.41 Å². The number of allylic oxidation sites excluding steroid dienone is 2. The molecule has 4 saturated carbocycles. The van der Waals surface area contributed by atoms with E-state index in [-0.39, 0.29) is 48.3 Å². The predicted octanol–water partition coefficient (Wildman–Crippen LogP) is -0.0673. The highest BCUT2D eigenvalue weighted by Crippen LogP contribution is 2.76. The highest BCUT2D eigenvalue weighted by molar-refractivity contribution is 5.81. The van der Waals surface area contributed by atoms with Crippen molar-refractivity contribution in [2.24, 2.45) is 50.2 Å². The van der Waals surface area contributed by atoms with Gasteiger partial charge < -0.3 is 84.2 Å². The summed E-state index contributed by atoms with van der Waals surface area (Å²) in [6, 6.07) is 0. The Bertz CT molecular complexity index is 1870. The van der Waals surface area contributed by atoms with Gasteiger partial charge in [-0.2, -0.15) is 0 Å². The van der Waals surface area contributed by atoms with Crippen LogP contribution in [0.5, 0.6) is 0 Å². The van der Waals surface area contributed by atoms with Crippen LogP contribution in [0.2, 0.25) is 0 Å². The third kappa shape index (κ3) is 7.88. The fourth-order valence-corrected chi connectivity index (χ4v) is 15.0. The van der Waals surface area contributed by atoms with E-state index in [0.717, 1.165) is 12.0 Å². The van der Waals surface area contributed by atoms with Gasteiger partial charge in [0.25, 0.3) is 0 Å². The second-order valence-electron chi connectivity index (χ2n) is 22.7. The topological polar surface area (TPSA) is 301 Å². The van der Waals surface area contributed by atoms with E-state index in [4.69, 9.17) is 33.2 Å². The number of carbonyl (C=O) groups excluding carboxylic acids is 2. The van der Waals surface area contributed by atoms with Gasteiger partial charge in [-0.3, -0.25) is 9.59 Å². The van der Waals surface area contributed by atoms with E-state index in [1.54, 1.807) is 0 Å². The van der Waals surface area contributed by atoms with Gasteiger partial charge in [-0.1, -0.05) is 39.3 Å². The summed E-state index contributed by atoms with van der Waals surface area (Å²) in [4.78, 5) is 28.3. The van der Waals surface area contributed by atoms with Crippen molar-refractivity contribution >= 4 is 11.9 Å². The predicted molar refractivity (Wildman–Crippen MR) is 231 cm³/mol. The van der Waals surface area contributed by atoms with E-state index >= 15 is 0 Å². The molecule has 7 fully saturated rings. The molecular formula is C48H76O19. The van der Waals surface area contributed by atoms with Crippen molar-refractivity contribution in [2.75, 3.05) is 26.9 Å². The first-order valence-electron chi connectivity index (χ1n) is 24.3. The van der Waals surface area contributed by atoms with Crippen molar-refractivity contribution in [1.29, 1.82) is 0 Å². The molecule has 67 heavy (non-hydrogen) atoms. The zero-order valence-corrected chi connectivity index (χ0v) is 39.8.